The van der Waals surface area contributed by atoms with Gasteiger partial charge in [0.05, 0.1) is 17.2 Å². The molecule has 0 radical (unpaired) electrons. The van der Waals surface area contributed by atoms with Crippen LogP contribution in [0.5, 0.6) is 0 Å². The first kappa shape index (κ1) is 13.3. The fourth-order valence-corrected chi connectivity index (χ4v) is 1.49. The minimum absolute atomic E-state index is 0.0793. The summed E-state index contributed by atoms with van der Waals surface area (Å²) in [5.74, 6) is -0.715. The number of rotatable bonds is 4. The Labute approximate surface area is 102 Å². The first-order valence-electron chi connectivity index (χ1n) is 4.62. The molecule has 0 bridgehead atoms. The van der Waals surface area contributed by atoms with E-state index in [4.69, 9.17) is 28.2 Å². The van der Waals surface area contributed by atoms with Crippen molar-refractivity contribution in [1.29, 1.82) is 0 Å². The number of nitrogens with two attached hydrogens (primary N) is 2. The Morgan fingerprint density at radius 1 is 1.41 bits per heavy atom. The van der Waals surface area contributed by atoms with Crippen LogP contribution in [-0.4, -0.2) is 23.7 Å². The molecule has 0 heterocycles. The molecule has 7 heteroatoms. The normalized spacial score (nSPS) is 11.9. The van der Waals surface area contributed by atoms with Gasteiger partial charge in [-0.15, -0.1) is 0 Å². The lowest BCUT2D eigenvalue weighted by molar-refractivity contribution is 0.0632. The number of halogens is 1. The Morgan fingerprint density at radius 3 is 2.53 bits per heavy atom. The first-order chi connectivity index (χ1) is 7.95. The first-order valence-corrected chi connectivity index (χ1v) is 4.99. The van der Waals surface area contributed by atoms with Crippen LogP contribution in [-0.2, 0) is 4.74 Å². The standard InChI is InChI=1S/C10H11ClN2O4/c11-7-2-1-5(3-6(7)9(12)15)8(4-14)17-10(13)16/h1-3,8,14H,4H2,(H2,12,15)(H2,13,16). The average molecular weight is 259 g/mol. The second-order valence-electron chi connectivity index (χ2n) is 3.21. The number of hydrogen-bond donors (Lipinski definition) is 3. The summed E-state index contributed by atoms with van der Waals surface area (Å²) in [6, 6.07) is 4.26. The van der Waals surface area contributed by atoms with E-state index in [2.05, 4.69) is 4.74 Å². The number of ether oxygens (including phenoxy) is 1. The molecule has 5 N–H and O–H groups in total. The summed E-state index contributed by atoms with van der Waals surface area (Å²) in [5, 5.41) is 9.22. The molecule has 1 rings (SSSR count). The van der Waals surface area contributed by atoms with E-state index >= 15 is 0 Å². The third kappa shape index (κ3) is 3.33. The van der Waals surface area contributed by atoms with Crippen molar-refractivity contribution in [2.75, 3.05) is 6.61 Å². The highest BCUT2D eigenvalue weighted by atomic mass is 35.5. The van der Waals surface area contributed by atoms with E-state index in [0.29, 0.717) is 5.56 Å². The van der Waals surface area contributed by atoms with Crippen LogP contribution < -0.4 is 11.5 Å². The fourth-order valence-electron chi connectivity index (χ4n) is 1.28. The third-order valence-corrected chi connectivity index (χ3v) is 2.38. The van der Waals surface area contributed by atoms with E-state index in [1.807, 2.05) is 0 Å². The topological polar surface area (TPSA) is 116 Å². The van der Waals surface area contributed by atoms with Gasteiger partial charge in [0.1, 0.15) is 0 Å². The van der Waals surface area contributed by atoms with Gasteiger partial charge in [-0.25, -0.2) is 4.79 Å². The molecule has 1 aromatic rings. The van der Waals surface area contributed by atoms with Gasteiger partial charge in [0.25, 0.3) is 0 Å². The summed E-state index contributed by atoms with van der Waals surface area (Å²) in [5.41, 5.74) is 10.4. The monoisotopic (exact) mass is 258 g/mol. The summed E-state index contributed by atoms with van der Waals surface area (Å²) in [7, 11) is 0. The molecule has 92 valence electrons. The lowest BCUT2D eigenvalue weighted by Crippen LogP contribution is -2.20. The minimum Gasteiger partial charge on any atom is -0.439 e. The lowest BCUT2D eigenvalue weighted by atomic mass is 10.1. The Balaban J connectivity index is 3.08. The third-order valence-electron chi connectivity index (χ3n) is 2.05. The molecule has 1 atom stereocenters. The van der Waals surface area contributed by atoms with Crippen molar-refractivity contribution < 1.29 is 19.4 Å². The number of primary amides is 2. The zero-order valence-corrected chi connectivity index (χ0v) is 9.48. The van der Waals surface area contributed by atoms with Gasteiger partial charge in [0, 0.05) is 0 Å². The van der Waals surface area contributed by atoms with Crippen molar-refractivity contribution in [3.8, 4) is 0 Å². The number of carbonyl (C=O) groups excluding carboxylic acids is 2. The predicted molar refractivity (Wildman–Crippen MR) is 60.5 cm³/mol. The molecule has 0 aliphatic heterocycles. The molecule has 1 unspecified atom stereocenters. The van der Waals surface area contributed by atoms with Gasteiger partial charge in [-0.3, -0.25) is 4.79 Å². The number of hydrogen-bond acceptors (Lipinski definition) is 4. The minimum atomic E-state index is -1.03. The van der Waals surface area contributed by atoms with Crippen LogP contribution in [0.2, 0.25) is 5.02 Å². The molecule has 0 fully saturated rings. The number of aliphatic hydroxyl groups is 1. The van der Waals surface area contributed by atoms with Gasteiger partial charge in [-0.05, 0) is 17.7 Å². The zero-order chi connectivity index (χ0) is 13.0. The quantitative estimate of drug-likeness (QED) is 0.732. The van der Waals surface area contributed by atoms with Crippen LogP contribution >= 0.6 is 11.6 Å². The fraction of sp³-hybridized carbons (Fsp3) is 0.200. The molecule has 0 saturated heterocycles. The van der Waals surface area contributed by atoms with E-state index in [0.717, 1.165) is 0 Å². The SMILES string of the molecule is NC(=O)OC(CO)c1ccc(Cl)c(C(N)=O)c1. The summed E-state index contributed by atoms with van der Waals surface area (Å²) < 4.78 is 4.65. The van der Waals surface area contributed by atoms with Crippen molar-refractivity contribution in [3.63, 3.8) is 0 Å². The van der Waals surface area contributed by atoms with Crippen molar-refractivity contribution >= 4 is 23.6 Å². The maximum absolute atomic E-state index is 11.0. The predicted octanol–water partition coefficient (Wildman–Crippen LogP) is 0.568. The van der Waals surface area contributed by atoms with E-state index in [1.54, 1.807) is 0 Å². The summed E-state index contributed by atoms with van der Waals surface area (Å²) in [6.45, 7) is -0.469. The van der Waals surface area contributed by atoms with E-state index < -0.39 is 24.7 Å². The second kappa shape index (κ2) is 5.51. The van der Waals surface area contributed by atoms with Gasteiger partial charge >= 0.3 is 6.09 Å². The zero-order valence-electron chi connectivity index (χ0n) is 8.72. The molecule has 0 saturated carbocycles. The Morgan fingerprint density at radius 2 is 2.06 bits per heavy atom. The van der Waals surface area contributed by atoms with Crippen molar-refractivity contribution in [3.05, 3.63) is 34.3 Å². The van der Waals surface area contributed by atoms with Crippen LogP contribution in [0.25, 0.3) is 0 Å². The molecule has 0 aromatic heterocycles. The van der Waals surface area contributed by atoms with Crippen LogP contribution in [0.4, 0.5) is 4.79 Å². The number of carbonyl (C=O) groups is 2. The van der Waals surface area contributed by atoms with Crippen molar-refractivity contribution in [2.45, 2.75) is 6.10 Å². The van der Waals surface area contributed by atoms with Crippen LogP contribution in [0.1, 0.15) is 22.0 Å². The molecule has 2 amide bonds. The highest BCUT2D eigenvalue weighted by molar-refractivity contribution is 6.33. The molecule has 17 heavy (non-hydrogen) atoms. The van der Waals surface area contributed by atoms with Crippen LogP contribution in [0.3, 0.4) is 0 Å². The van der Waals surface area contributed by atoms with Gasteiger partial charge in [-0.2, -0.15) is 0 Å². The van der Waals surface area contributed by atoms with Gasteiger partial charge in [0.2, 0.25) is 5.91 Å². The van der Waals surface area contributed by atoms with Crippen molar-refractivity contribution in [1.82, 2.24) is 0 Å². The maximum Gasteiger partial charge on any atom is 0.405 e. The highest BCUT2D eigenvalue weighted by Crippen LogP contribution is 2.23. The van der Waals surface area contributed by atoms with Gasteiger partial charge in [0.15, 0.2) is 6.10 Å². The number of aliphatic hydroxyl groups excluding tert-OH is 1. The molecule has 0 spiro atoms. The lowest BCUT2D eigenvalue weighted by Gasteiger charge is -2.15. The summed E-state index contributed by atoms with van der Waals surface area (Å²) >= 11 is 5.75. The van der Waals surface area contributed by atoms with E-state index in [1.165, 1.54) is 18.2 Å². The van der Waals surface area contributed by atoms with Crippen LogP contribution in [0.15, 0.2) is 18.2 Å². The van der Waals surface area contributed by atoms with Gasteiger partial charge < -0.3 is 21.3 Å². The Hall–Kier alpha value is -1.79. The smallest absolute Gasteiger partial charge is 0.405 e. The second-order valence-corrected chi connectivity index (χ2v) is 3.62. The maximum atomic E-state index is 11.0. The highest BCUT2D eigenvalue weighted by Gasteiger charge is 2.17. The van der Waals surface area contributed by atoms with Gasteiger partial charge in [-0.1, -0.05) is 17.7 Å². The molecular formula is C10H11ClN2O4. The molecular weight excluding hydrogens is 248 g/mol. The average Bonchev–Trinajstić information content (AvgIpc) is 2.26. The Bertz CT molecular complexity index is 450. The number of amides is 2. The number of benzene rings is 1. The largest absolute Gasteiger partial charge is 0.439 e. The van der Waals surface area contributed by atoms with E-state index in [9.17, 15) is 9.59 Å². The molecule has 0 aliphatic rings. The van der Waals surface area contributed by atoms with E-state index in [-0.39, 0.29) is 10.6 Å². The van der Waals surface area contributed by atoms with Crippen LogP contribution in [0, 0.1) is 0 Å². The molecule has 6 nitrogen and oxygen atoms in total. The molecule has 0 aliphatic carbocycles. The summed E-state index contributed by atoms with van der Waals surface area (Å²) in [6.07, 6.45) is -1.98. The Kier molecular flexibility index (Phi) is 4.30. The van der Waals surface area contributed by atoms with Crippen molar-refractivity contribution in [2.24, 2.45) is 11.5 Å². The summed E-state index contributed by atoms with van der Waals surface area (Å²) in [4.78, 5) is 21.6. The molecule has 1 aromatic carbocycles.